The summed E-state index contributed by atoms with van der Waals surface area (Å²) in [7, 11) is 0. The van der Waals surface area contributed by atoms with Gasteiger partial charge in [0.1, 0.15) is 5.78 Å². The molecule has 1 unspecified atom stereocenters. The summed E-state index contributed by atoms with van der Waals surface area (Å²) in [6.45, 7) is 1.33. The summed E-state index contributed by atoms with van der Waals surface area (Å²) in [6.07, 6.45) is 0.599. The number of ketones is 1. The molecule has 0 spiro atoms. The molecule has 0 bridgehead atoms. The Kier molecular flexibility index (Phi) is 5.43. The highest BCUT2D eigenvalue weighted by Gasteiger charge is 2.20. The van der Waals surface area contributed by atoms with Crippen molar-refractivity contribution in [3.05, 3.63) is 38.3 Å². The molecule has 5 nitrogen and oxygen atoms in total. The molecule has 0 heterocycles. The second-order valence-corrected chi connectivity index (χ2v) is 4.97. The smallest absolute Gasteiger partial charge is 0.273 e. The lowest BCUT2D eigenvalue weighted by Gasteiger charge is -2.12. The zero-order valence-corrected chi connectivity index (χ0v) is 11.5. The number of carbonyl (C=O) groups excluding carboxylic acids is 1. The van der Waals surface area contributed by atoms with Crippen LogP contribution in [0, 0.1) is 16.0 Å². The van der Waals surface area contributed by atoms with Crippen LogP contribution in [0.15, 0.2) is 22.7 Å². The number of rotatable bonds is 6. The summed E-state index contributed by atoms with van der Waals surface area (Å²) < 4.78 is 0.625. The maximum absolute atomic E-state index is 11.4. The van der Waals surface area contributed by atoms with Crippen molar-refractivity contribution in [2.45, 2.75) is 19.8 Å². The molecule has 1 atom stereocenters. The summed E-state index contributed by atoms with van der Waals surface area (Å²) in [4.78, 5) is 21.9. The van der Waals surface area contributed by atoms with E-state index in [0.717, 1.165) is 0 Å². The van der Waals surface area contributed by atoms with Crippen LogP contribution in [0.4, 0.5) is 5.69 Å². The fourth-order valence-electron chi connectivity index (χ4n) is 1.75. The van der Waals surface area contributed by atoms with Gasteiger partial charge in [-0.15, -0.1) is 0 Å². The van der Waals surface area contributed by atoms with Gasteiger partial charge in [0.2, 0.25) is 0 Å². The number of hydrogen-bond donors (Lipinski definition) is 1. The Morgan fingerprint density at radius 2 is 2.22 bits per heavy atom. The molecule has 0 aliphatic carbocycles. The maximum Gasteiger partial charge on any atom is 0.273 e. The molecule has 6 heteroatoms. The minimum atomic E-state index is -0.462. The molecule has 18 heavy (non-hydrogen) atoms. The lowest BCUT2D eigenvalue weighted by molar-refractivity contribution is -0.385. The normalized spacial score (nSPS) is 12.2. The van der Waals surface area contributed by atoms with E-state index in [1.54, 1.807) is 12.1 Å². The number of aliphatic hydroxyl groups is 1. The third kappa shape index (κ3) is 3.89. The molecule has 1 aromatic carbocycles. The third-order valence-corrected chi connectivity index (χ3v) is 3.26. The van der Waals surface area contributed by atoms with E-state index in [-0.39, 0.29) is 30.4 Å². The van der Waals surface area contributed by atoms with E-state index < -0.39 is 4.92 Å². The van der Waals surface area contributed by atoms with Gasteiger partial charge in [-0.1, -0.05) is 22.0 Å². The van der Waals surface area contributed by atoms with Crippen LogP contribution < -0.4 is 0 Å². The Morgan fingerprint density at radius 3 is 2.72 bits per heavy atom. The third-order valence-electron chi connectivity index (χ3n) is 2.76. The van der Waals surface area contributed by atoms with Gasteiger partial charge in [0, 0.05) is 28.6 Å². The monoisotopic (exact) mass is 315 g/mol. The van der Waals surface area contributed by atoms with E-state index in [9.17, 15) is 14.9 Å². The Morgan fingerprint density at radius 1 is 1.56 bits per heavy atom. The highest BCUT2D eigenvalue weighted by atomic mass is 79.9. The molecule has 0 aliphatic heterocycles. The van der Waals surface area contributed by atoms with Crippen LogP contribution in [0.3, 0.4) is 0 Å². The van der Waals surface area contributed by atoms with Gasteiger partial charge in [-0.3, -0.25) is 14.9 Å². The summed E-state index contributed by atoms with van der Waals surface area (Å²) in [6, 6.07) is 4.76. The molecule has 0 saturated heterocycles. The zero-order chi connectivity index (χ0) is 13.7. The van der Waals surface area contributed by atoms with Crippen LogP contribution in [-0.2, 0) is 11.2 Å². The van der Waals surface area contributed by atoms with E-state index in [0.29, 0.717) is 16.5 Å². The van der Waals surface area contributed by atoms with Crippen molar-refractivity contribution < 1.29 is 14.8 Å². The summed E-state index contributed by atoms with van der Waals surface area (Å²) in [5, 5.41) is 19.8. The minimum Gasteiger partial charge on any atom is -0.396 e. The highest BCUT2D eigenvalue weighted by molar-refractivity contribution is 9.10. The fraction of sp³-hybridized carbons (Fsp3) is 0.417. The van der Waals surface area contributed by atoms with Crippen molar-refractivity contribution in [3.8, 4) is 0 Å². The average molecular weight is 316 g/mol. The zero-order valence-electron chi connectivity index (χ0n) is 9.93. The molecule has 0 aromatic heterocycles. The molecule has 1 rings (SSSR count). The molecule has 0 amide bonds. The van der Waals surface area contributed by atoms with Gasteiger partial charge >= 0.3 is 0 Å². The van der Waals surface area contributed by atoms with Crippen LogP contribution in [0.1, 0.15) is 18.9 Å². The first kappa shape index (κ1) is 14.8. The molecule has 0 saturated carbocycles. The number of nitrogens with zero attached hydrogens (tertiary/aromatic N) is 1. The first-order valence-corrected chi connectivity index (χ1v) is 6.29. The number of halogens is 1. The molecule has 1 N–H and O–H groups in total. The second kappa shape index (κ2) is 6.61. The lowest BCUT2D eigenvalue weighted by atomic mass is 9.92. The number of hydrogen-bond acceptors (Lipinski definition) is 4. The first-order valence-electron chi connectivity index (χ1n) is 5.49. The summed E-state index contributed by atoms with van der Waals surface area (Å²) in [5.74, 6) is -0.448. The van der Waals surface area contributed by atoms with Crippen molar-refractivity contribution in [2.24, 2.45) is 5.92 Å². The Balaban J connectivity index is 3.01. The van der Waals surface area contributed by atoms with Gasteiger partial charge in [0.15, 0.2) is 0 Å². The Hall–Kier alpha value is -1.27. The van der Waals surface area contributed by atoms with Gasteiger partial charge in [0.25, 0.3) is 5.69 Å². The van der Waals surface area contributed by atoms with Gasteiger partial charge in [-0.2, -0.15) is 0 Å². The average Bonchev–Trinajstić information content (AvgIpc) is 2.30. The Labute approximate surface area is 113 Å². The van der Waals surface area contributed by atoms with Crippen LogP contribution in [0.5, 0.6) is 0 Å². The van der Waals surface area contributed by atoms with Crippen molar-refractivity contribution in [1.82, 2.24) is 0 Å². The number of nitro groups is 1. The molecule has 0 aliphatic rings. The van der Waals surface area contributed by atoms with Gasteiger partial charge < -0.3 is 5.11 Å². The van der Waals surface area contributed by atoms with Crippen LogP contribution in [0.25, 0.3) is 0 Å². The number of aliphatic hydroxyl groups excluding tert-OH is 1. The van der Waals surface area contributed by atoms with Crippen molar-refractivity contribution in [3.63, 3.8) is 0 Å². The lowest BCUT2D eigenvalue weighted by Crippen LogP contribution is -2.16. The minimum absolute atomic E-state index is 0.00596. The molecular formula is C12H14BrNO4. The second-order valence-electron chi connectivity index (χ2n) is 4.05. The number of nitro benzene ring substituents is 1. The molecule has 1 aromatic rings. The van der Waals surface area contributed by atoms with Gasteiger partial charge in [0.05, 0.1) is 4.92 Å². The van der Waals surface area contributed by atoms with E-state index in [1.165, 1.54) is 13.0 Å². The predicted molar refractivity (Wildman–Crippen MR) is 70.4 cm³/mol. The van der Waals surface area contributed by atoms with Crippen LogP contribution >= 0.6 is 15.9 Å². The number of carbonyl (C=O) groups is 1. The molecule has 0 radical (unpaired) electrons. The fourth-order valence-corrected chi connectivity index (χ4v) is 2.10. The van der Waals surface area contributed by atoms with E-state index in [1.807, 2.05) is 0 Å². The van der Waals surface area contributed by atoms with Crippen LogP contribution in [0.2, 0.25) is 0 Å². The first-order chi connectivity index (χ1) is 8.45. The molecule has 0 fully saturated rings. The largest absolute Gasteiger partial charge is 0.396 e. The topological polar surface area (TPSA) is 80.4 Å². The van der Waals surface area contributed by atoms with Gasteiger partial charge in [-0.05, 0) is 25.8 Å². The van der Waals surface area contributed by atoms with Crippen molar-refractivity contribution in [1.29, 1.82) is 0 Å². The maximum atomic E-state index is 11.4. The van der Waals surface area contributed by atoms with Crippen LogP contribution in [-0.4, -0.2) is 22.4 Å². The predicted octanol–water partition coefficient (Wildman–Crippen LogP) is 2.49. The van der Waals surface area contributed by atoms with Crippen molar-refractivity contribution in [2.75, 3.05) is 6.61 Å². The van der Waals surface area contributed by atoms with E-state index >= 15 is 0 Å². The number of benzene rings is 1. The SMILES string of the molecule is CC(=O)C(CCO)Cc1ccc(Br)cc1[N+](=O)[O-]. The van der Waals surface area contributed by atoms with Crippen molar-refractivity contribution >= 4 is 27.4 Å². The molecule has 98 valence electrons. The summed E-state index contributed by atoms with van der Waals surface area (Å²) >= 11 is 3.18. The Bertz CT molecular complexity index is 461. The van der Waals surface area contributed by atoms with E-state index in [4.69, 9.17) is 5.11 Å². The molecular weight excluding hydrogens is 302 g/mol. The standard InChI is InChI=1S/C12H14BrNO4/c1-8(16)9(4-5-15)6-10-2-3-11(13)7-12(10)14(17)18/h2-3,7,9,15H,4-6H2,1H3. The van der Waals surface area contributed by atoms with E-state index in [2.05, 4.69) is 15.9 Å². The highest BCUT2D eigenvalue weighted by Crippen LogP contribution is 2.26. The quantitative estimate of drug-likeness (QED) is 0.646. The summed E-state index contributed by atoms with van der Waals surface area (Å²) in [5.41, 5.74) is 0.505. The van der Waals surface area contributed by atoms with Gasteiger partial charge in [-0.25, -0.2) is 0 Å². The number of Topliss-reactive ketones (excluding diaryl/α,β-unsaturated/α-hetero) is 1.